The molecule has 0 bridgehead atoms. The van der Waals surface area contributed by atoms with E-state index in [9.17, 15) is 0 Å². The lowest BCUT2D eigenvalue weighted by Crippen LogP contribution is -2.25. The van der Waals surface area contributed by atoms with Gasteiger partial charge in [0.25, 0.3) is 0 Å². The molecule has 5 nitrogen and oxygen atoms in total. The summed E-state index contributed by atoms with van der Waals surface area (Å²) in [7, 11) is 1.77. The molecule has 3 rings (SSSR count). The normalized spacial score (nSPS) is 25.3. The summed E-state index contributed by atoms with van der Waals surface area (Å²) in [5.41, 5.74) is 0. The highest BCUT2D eigenvalue weighted by Gasteiger charge is 2.32. The van der Waals surface area contributed by atoms with E-state index in [1.54, 1.807) is 7.11 Å². The van der Waals surface area contributed by atoms with Crippen LogP contribution in [-0.2, 0) is 4.74 Å². The Kier molecular flexibility index (Phi) is 2.48. The van der Waals surface area contributed by atoms with Gasteiger partial charge in [0.05, 0.1) is 6.10 Å². The van der Waals surface area contributed by atoms with Gasteiger partial charge < -0.3 is 9.64 Å². The zero-order valence-corrected chi connectivity index (χ0v) is 10.2. The van der Waals surface area contributed by atoms with Gasteiger partial charge in [-0.05, 0) is 31.5 Å². The average Bonchev–Trinajstić information content (AvgIpc) is 2.88. The quantitative estimate of drug-likeness (QED) is 0.813. The van der Waals surface area contributed by atoms with Gasteiger partial charge in [-0.1, -0.05) is 0 Å². The summed E-state index contributed by atoms with van der Waals surface area (Å²) in [6, 6.07) is 0.572. The van der Waals surface area contributed by atoms with Crippen molar-refractivity contribution in [1.29, 1.82) is 0 Å². The average molecular weight is 240 g/mol. The topological polar surface area (TPSA) is 46.1 Å². The maximum atomic E-state index is 5.37. The molecular weight excluding hydrogens is 224 g/mol. The number of ether oxygens (including phenoxy) is 1. The summed E-state index contributed by atoms with van der Waals surface area (Å²) in [6.45, 7) is 1.92. The Balaban J connectivity index is 1.86. The molecule has 0 aromatic carbocycles. The largest absolute Gasteiger partial charge is 0.380 e. The van der Waals surface area contributed by atoms with Crippen LogP contribution in [0, 0.1) is 4.77 Å². The maximum absolute atomic E-state index is 5.37. The maximum Gasteiger partial charge on any atom is 0.226 e. The molecule has 16 heavy (non-hydrogen) atoms. The second-order valence-corrected chi connectivity index (χ2v) is 4.91. The Morgan fingerprint density at radius 2 is 2.25 bits per heavy atom. The molecule has 1 aliphatic carbocycles. The van der Waals surface area contributed by atoms with Gasteiger partial charge in [0, 0.05) is 26.2 Å². The van der Waals surface area contributed by atoms with Crippen molar-refractivity contribution >= 4 is 18.2 Å². The molecule has 0 spiro atoms. The van der Waals surface area contributed by atoms with Crippen molar-refractivity contribution in [1.82, 2.24) is 14.8 Å². The SMILES string of the molecule is COC1CCN(c2n[nH]c(=S)n2C2CC2)C1. The molecule has 1 aliphatic heterocycles. The molecule has 1 atom stereocenters. The third-order valence-corrected chi connectivity index (χ3v) is 3.65. The number of methoxy groups -OCH3 is 1. The number of nitrogens with one attached hydrogen (secondary N) is 1. The lowest BCUT2D eigenvalue weighted by Gasteiger charge is -2.17. The van der Waals surface area contributed by atoms with Crippen LogP contribution in [0.3, 0.4) is 0 Å². The van der Waals surface area contributed by atoms with Crippen molar-refractivity contribution in [2.75, 3.05) is 25.1 Å². The van der Waals surface area contributed by atoms with E-state index >= 15 is 0 Å². The first kappa shape index (κ1) is 10.3. The van der Waals surface area contributed by atoms with E-state index in [0.717, 1.165) is 30.2 Å². The van der Waals surface area contributed by atoms with Gasteiger partial charge in [0.15, 0.2) is 4.77 Å². The Morgan fingerprint density at radius 1 is 1.44 bits per heavy atom. The summed E-state index contributed by atoms with van der Waals surface area (Å²) in [5, 5.41) is 7.25. The van der Waals surface area contributed by atoms with E-state index in [1.165, 1.54) is 12.8 Å². The van der Waals surface area contributed by atoms with Crippen LogP contribution >= 0.6 is 12.2 Å². The molecule has 2 fully saturated rings. The lowest BCUT2D eigenvalue weighted by molar-refractivity contribution is 0.121. The highest BCUT2D eigenvalue weighted by atomic mass is 32.1. The van der Waals surface area contributed by atoms with Gasteiger partial charge >= 0.3 is 0 Å². The number of nitrogens with zero attached hydrogens (tertiary/aromatic N) is 3. The van der Waals surface area contributed by atoms with E-state index in [1.807, 2.05) is 0 Å². The molecule has 1 N–H and O–H groups in total. The molecule has 1 aromatic heterocycles. The molecular formula is C10H16N4OS. The minimum absolute atomic E-state index is 0.331. The molecule has 88 valence electrons. The molecule has 1 aromatic rings. The zero-order valence-electron chi connectivity index (χ0n) is 9.35. The summed E-state index contributed by atoms with van der Waals surface area (Å²) in [4.78, 5) is 2.26. The third-order valence-electron chi connectivity index (χ3n) is 3.36. The van der Waals surface area contributed by atoms with Crippen LogP contribution in [0.2, 0.25) is 0 Å². The number of hydrogen-bond acceptors (Lipinski definition) is 4. The van der Waals surface area contributed by atoms with Crippen molar-refractivity contribution < 1.29 is 4.74 Å². The fourth-order valence-electron chi connectivity index (χ4n) is 2.28. The highest BCUT2D eigenvalue weighted by Crippen LogP contribution is 2.38. The number of anilines is 1. The van der Waals surface area contributed by atoms with Crippen LogP contribution in [-0.4, -0.2) is 41.1 Å². The summed E-state index contributed by atoms with van der Waals surface area (Å²) in [6.07, 6.45) is 3.85. The van der Waals surface area contributed by atoms with Crippen molar-refractivity contribution in [2.24, 2.45) is 0 Å². The second-order valence-electron chi connectivity index (χ2n) is 4.52. The number of hydrogen-bond donors (Lipinski definition) is 1. The molecule has 1 saturated carbocycles. The highest BCUT2D eigenvalue weighted by molar-refractivity contribution is 7.71. The summed E-state index contributed by atoms with van der Waals surface area (Å²) < 4.78 is 8.28. The van der Waals surface area contributed by atoms with E-state index in [4.69, 9.17) is 17.0 Å². The molecule has 6 heteroatoms. The van der Waals surface area contributed by atoms with E-state index in [2.05, 4.69) is 19.7 Å². The number of rotatable bonds is 3. The minimum atomic E-state index is 0.331. The third kappa shape index (κ3) is 1.66. The molecule has 0 radical (unpaired) electrons. The Hall–Kier alpha value is -0.880. The monoisotopic (exact) mass is 240 g/mol. The van der Waals surface area contributed by atoms with Crippen LogP contribution in [0.4, 0.5) is 5.95 Å². The first-order valence-electron chi connectivity index (χ1n) is 5.74. The van der Waals surface area contributed by atoms with Crippen LogP contribution in [0.15, 0.2) is 0 Å². The number of H-pyrrole nitrogens is 1. The minimum Gasteiger partial charge on any atom is -0.380 e. The first-order chi connectivity index (χ1) is 7.79. The number of aromatic amines is 1. The van der Waals surface area contributed by atoms with Crippen LogP contribution < -0.4 is 4.90 Å². The van der Waals surface area contributed by atoms with E-state index in [0.29, 0.717) is 12.1 Å². The standard InChI is InChI=1S/C10H16N4OS/c1-15-8-4-5-13(6-8)9-11-12-10(16)14(9)7-2-3-7/h7-8H,2-6H2,1H3,(H,12,16). The van der Waals surface area contributed by atoms with Gasteiger partial charge in [-0.15, -0.1) is 5.10 Å². The van der Waals surface area contributed by atoms with E-state index in [-0.39, 0.29) is 0 Å². The van der Waals surface area contributed by atoms with Gasteiger partial charge in [-0.3, -0.25) is 4.57 Å². The predicted molar refractivity (Wildman–Crippen MR) is 63.3 cm³/mol. The predicted octanol–water partition coefficient (Wildman–Crippen LogP) is 1.50. The fourth-order valence-corrected chi connectivity index (χ4v) is 2.56. The summed E-state index contributed by atoms with van der Waals surface area (Å²) in [5.74, 6) is 0.993. The van der Waals surface area contributed by atoms with Crippen LogP contribution in [0.5, 0.6) is 0 Å². The zero-order chi connectivity index (χ0) is 11.1. The Bertz CT molecular complexity index is 436. The van der Waals surface area contributed by atoms with Crippen LogP contribution in [0.1, 0.15) is 25.3 Å². The lowest BCUT2D eigenvalue weighted by atomic mass is 10.3. The van der Waals surface area contributed by atoms with Crippen molar-refractivity contribution in [3.8, 4) is 0 Å². The van der Waals surface area contributed by atoms with Gasteiger partial charge in [-0.25, -0.2) is 5.10 Å². The molecule has 0 amide bonds. The van der Waals surface area contributed by atoms with Crippen LogP contribution in [0.25, 0.3) is 0 Å². The smallest absolute Gasteiger partial charge is 0.226 e. The summed E-state index contributed by atoms with van der Waals surface area (Å²) >= 11 is 5.27. The van der Waals surface area contributed by atoms with Crippen molar-refractivity contribution in [2.45, 2.75) is 31.4 Å². The second kappa shape index (κ2) is 3.85. The Labute approximate surface area is 99.4 Å². The van der Waals surface area contributed by atoms with Crippen molar-refractivity contribution in [3.05, 3.63) is 4.77 Å². The molecule has 1 saturated heterocycles. The molecule has 1 unspecified atom stereocenters. The molecule has 2 heterocycles. The van der Waals surface area contributed by atoms with Crippen molar-refractivity contribution in [3.63, 3.8) is 0 Å². The van der Waals surface area contributed by atoms with Gasteiger partial charge in [-0.2, -0.15) is 0 Å². The fraction of sp³-hybridized carbons (Fsp3) is 0.800. The number of aromatic nitrogens is 3. The Morgan fingerprint density at radius 3 is 2.88 bits per heavy atom. The van der Waals surface area contributed by atoms with Gasteiger partial charge in [0.1, 0.15) is 0 Å². The van der Waals surface area contributed by atoms with Gasteiger partial charge in [0.2, 0.25) is 5.95 Å². The molecule has 2 aliphatic rings. The van der Waals surface area contributed by atoms with E-state index < -0.39 is 0 Å². The first-order valence-corrected chi connectivity index (χ1v) is 6.15.